The van der Waals surface area contributed by atoms with Crippen LogP contribution in [0.25, 0.3) is 0 Å². The number of esters is 1. The number of amides is 1. The third kappa shape index (κ3) is 5.57. The molecule has 2 N–H and O–H groups in total. The molecule has 4 aliphatic heterocycles. The summed E-state index contributed by atoms with van der Waals surface area (Å²) in [6, 6.07) is 9.18. The van der Waals surface area contributed by atoms with Crippen LogP contribution < -0.4 is 5.32 Å². The minimum absolute atomic E-state index is 0.0327. The van der Waals surface area contributed by atoms with Crippen LogP contribution in [-0.4, -0.2) is 53.5 Å². The SMILES string of the molecule is C[C@H]1[C@H](OC(=O)CCC(=O)NCC(CC(=O)O)c2ccccc2)O[C@@H]2O[C@]3(C)CC[C@H]4[C@H](C)CC[C@@H]1C24OO3. The number of fused-ring (bicyclic) bond motifs is 2. The normalized spacial score (nSPS) is 37.7. The molecule has 39 heavy (non-hydrogen) atoms. The van der Waals surface area contributed by atoms with E-state index in [1.807, 2.05) is 44.2 Å². The lowest BCUT2D eigenvalue weighted by molar-refractivity contribution is -0.576. The number of hydrogen-bond acceptors (Lipinski definition) is 8. The first kappa shape index (κ1) is 28.0. The van der Waals surface area contributed by atoms with Crippen LogP contribution in [0, 0.1) is 23.7 Å². The van der Waals surface area contributed by atoms with E-state index >= 15 is 0 Å². The molecule has 6 rings (SSSR count). The van der Waals surface area contributed by atoms with Gasteiger partial charge in [0, 0.05) is 37.1 Å². The molecule has 214 valence electrons. The van der Waals surface area contributed by atoms with Gasteiger partial charge in [0.15, 0.2) is 11.9 Å². The molecule has 9 atom stereocenters. The predicted octanol–water partition coefficient (Wildman–Crippen LogP) is 3.89. The van der Waals surface area contributed by atoms with Crippen LogP contribution in [0.5, 0.6) is 0 Å². The average molecular weight is 546 g/mol. The van der Waals surface area contributed by atoms with Gasteiger partial charge < -0.3 is 24.6 Å². The lowest BCUT2D eigenvalue weighted by Gasteiger charge is -2.59. The van der Waals surface area contributed by atoms with Gasteiger partial charge in [-0.05, 0) is 43.6 Å². The van der Waals surface area contributed by atoms with Crippen LogP contribution in [0.1, 0.15) is 77.2 Å². The first-order valence-electron chi connectivity index (χ1n) is 14.0. The Morgan fingerprint density at radius 1 is 1.08 bits per heavy atom. The highest BCUT2D eigenvalue weighted by Crippen LogP contribution is 2.60. The van der Waals surface area contributed by atoms with Crippen molar-refractivity contribution in [2.24, 2.45) is 23.7 Å². The van der Waals surface area contributed by atoms with Gasteiger partial charge in [0.2, 0.25) is 18.0 Å². The summed E-state index contributed by atoms with van der Waals surface area (Å²) in [6.07, 6.45) is 1.71. The maximum Gasteiger partial charge on any atom is 0.308 e. The van der Waals surface area contributed by atoms with Crippen molar-refractivity contribution in [3.63, 3.8) is 0 Å². The van der Waals surface area contributed by atoms with Crippen molar-refractivity contribution in [3.05, 3.63) is 35.9 Å². The van der Waals surface area contributed by atoms with E-state index < -0.39 is 35.9 Å². The fourth-order valence-corrected chi connectivity index (χ4v) is 6.98. The largest absolute Gasteiger partial charge is 0.481 e. The molecule has 2 bridgehead atoms. The second kappa shape index (κ2) is 11.2. The van der Waals surface area contributed by atoms with Crippen LogP contribution in [0.3, 0.4) is 0 Å². The third-order valence-electron chi connectivity index (χ3n) is 9.14. The highest BCUT2D eigenvalue weighted by atomic mass is 17.3. The Bertz CT molecular complexity index is 1070. The molecule has 1 aliphatic carbocycles. The van der Waals surface area contributed by atoms with Gasteiger partial charge in [-0.25, -0.2) is 9.78 Å². The molecule has 10 nitrogen and oxygen atoms in total. The first-order chi connectivity index (χ1) is 18.6. The summed E-state index contributed by atoms with van der Waals surface area (Å²) in [6.45, 7) is 6.25. The van der Waals surface area contributed by atoms with Crippen LogP contribution in [0.4, 0.5) is 0 Å². The number of rotatable bonds is 9. The Morgan fingerprint density at radius 3 is 2.59 bits per heavy atom. The number of benzene rings is 1. The summed E-state index contributed by atoms with van der Waals surface area (Å²) in [5.74, 6) is -2.57. The molecule has 1 amide bonds. The highest BCUT2D eigenvalue weighted by Gasteiger charge is 2.69. The molecular weight excluding hydrogens is 506 g/mol. The van der Waals surface area contributed by atoms with Crippen molar-refractivity contribution < 1.29 is 43.5 Å². The van der Waals surface area contributed by atoms with Crippen molar-refractivity contribution in [1.29, 1.82) is 0 Å². The Kier molecular flexibility index (Phi) is 8.01. The molecule has 4 saturated heterocycles. The van der Waals surface area contributed by atoms with E-state index in [-0.39, 0.29) is 55.4 Å². The smallest absolute Gasteiger partial charge is 0.308 e. The maximum atomic E-state index is 12.8. The summed E-state index contributed by atoms with van der Waals surface area (Å²) < 4.78 is 18.3. The topological polar surface area (TPSA) is 130 Å². The Hall–Kier alpha value is -2.53. The van der Waals surface area contributed by atoms with Crippen LogP contribution in [0.15, 0.2) is 30.3 Å². The number of ether oxygens (including phenoxy) is 3. The molecule has 1 aromatic rings. The molecule has 0 aromatic heterocycles. The van der Waals surface area contributed by atoms with Crippen LogP contribution in [0.2, 0.25) is 0 Å². The van der Waals surface area contributed by atoms with Gasteiger partial charge in [-0.1, -0.05) is 44.2 Å². The molecule has 1 saturated carbocycles. The maximum absolute atomic E-state index is 12.8. The molecule has 5 fully saturated rings. The summed E-state index contributed by atoms with van der Waals surface area (Å²) in [7, 11) is 0. The minimum Gasteiger partial charge on any atom is -0.481 e. The van der Waals surface area contributed by atoms with Crippen LogP contribution in [-0.2, 0) is 38.4 Å². The van der Waals surface area contributed by atoms with E-state index in [0.29, 0.717) is 12.3 Å². The standard InChI is InChI=1S/C29H39NO9/c1-17-9-10-22-18(2)26(36-27-29(22)21(17)13-14-28(3,37-27)38-39-29)35-25(34)12-11-23(31)30-16-20(15-24(32)33)19-7-5-4-6-8-19/h4-8,17-18,20-22,26-27H,9-16H2,1-3H3,(H,30,31)(H,32,33)/t17-,18-,20?,21+,22+,26-,27-,28+,29?/m1/s1. The summed E-state index contributed by atoms with van der Waals surface area (Å²) in [4.78, 5) is 48.5. The Balaban J connectivity index is 1.16. The van der Waals surface area contributed by atoms with Crippen molar-refractivity contribution in [3.8, 4) is 0 Å². The number of carbonyl (C=O) groups excluding carboxylic acids is 2. The zero-order chi connectivity index (χ0) is 27.8. The van der Waals surface area contributed by atoms with Gasteiger partial charge in [0.05, 0.1) is 12.8 Å². The van der Waals surface area contributed by atoms with E-state index in [2.05, 4.69) is 12.2 Å². The zero-order valence-electron chi connectivity index (χ0n) is 22.8. The molecule has 10 heteroatoms. The fourth-order valence-electron chi connectivity index (χ4n) is 6.98. The Morgan fingerprint density at radius 2 is 1.85 bits per heavy atom. The lowest BCUT2D eigenvalue weighted by Crippen LogP contribution is -2.70. The van der Waals surface area contributed by atoms with Crippen molar-refractivity contribution >= 4 is 17.8 Å². The number of nitrogens with one attached hydrogen (secondary N) is 1. The van der Waals surface area contributed by atoms with Gasteiger partial charge in [-0.2, -0.15) is 0 Å². The summed E-state index contributed by atoms with van der Waals surface area (Å²) in [5, 5.41) is 12.0. The van der Waals surface area contributed by atoms with Crippen molar-refractivity contribution in [2.45, 2.75) is 95.6 Å². The first-order valence-corrected chi connectivity index (χ1v) is 14.0. The number of carbonyl (C=O) groups is 3. The average Bonchev–Trinajstić information content (AvgIpc) is 3.14. The van der Waals surface area contributed by atoms with E-state index in [9.17, 15) is 19.5 Å². The quantitative estimate of drug-likeness (QED) is 0.351. The van der Waals surface area contributed by atoms with Gasteiger partial charge in [0.1, 0.15) is 0 Å². The molecule has 4 heterocycles. The second-order valence-electron chi connectivity index (χ2n) is 11.8. The molecule has 1 spiro atoms. The Labute approximate surface area is 228 Å². The molecule has 0 radical (unpaired) electrons. The minimum atomic E-state index is -0.944. The highest BCUT2D eigenvalue weighted by molar-refractivity contribution is 5.81. The van der Waals surface area contributed by atoms with Gasteiger partial charge >= 0.3 is 11.9 Å². The lowest BCUT2D eigenvalue weighted by atomic mass is 9.58. The van der Waals surface area contributed by atoms with Crippen molar-refractivity contribution in [1.82, 2.24) is 5.32 Å². The summed E-state index contributed by atoms with van der Waals surface area (Å²) in [5.41, 5.74) is 0.0963. The monoisotopic (exact) mass is 545 g/mol. The number of carboxylic acid groups (broad SMARTS) is 1. The molecule has 5 aliphatic rings. The van der Waals surface area contributed by atoms with E-state index in [1.54, 1.807) is 0 Å². The van der Waals surface area contributed by atoms with Gasteiger partial charge in [0.25, 0.3) is 0 Å². The van der Waals surface area contributed by atoms with E-state index in [4.69, 9.17) is 24.0 Å². The van der Waals surface area contributed by atoms with Gasteiger partial charge in [-0.3, -0.25) is 14.4 Å². The van der Waals surface area contributed by atoms with E-state index in [1.165, 1.54) is 0 Å². The molecule has 1 aromatic carbocycles. The van der Waals surface area contributed by atoms with Gasteiger partial charge in [-0.15, -0.1) is 0 Å². The van der Waals surface area contributed by atoms with E-state index in [0.717, 1.165) is 24.8 Å². The zero-order valence-corrected chi connectivity index (χ0v) is 22.8. The predicted molar refractivity (Wildman–Crippen MR) is 137 cm³/mol. The number of aliphatic carboxylic acids is 1. The third-order valence-corrected chi connectivity index (χ3v) is 9.14. The fraction of sp³-hybridized carbons (Fsp3) is 0.690. The number of hydrogen-bond donors (Lipinski definition) is 2. The summed E-state index contributed by atoms with van der Waals surface area (Å²) >= 11 is 0. The number of carboxylic acids is 1. The molecular formula is C29H39NO9. The molecule has 2 unspecified atom stereocenters. The van der Waals surface area contributed by atoms with Crippen LogP contribution >= 0.6 is 0 Å². The second-order valence-corrected chi connectivity index (χ2v) is 11.8. The van der Waals surface area contributed by atoms with Crippen molar-refractivity contribution in [2.75, 3.05) is 6.54 Å².